The molecule has 0 aliphatic heterocycles. The quantitative estimate of drug-likeness (QED) is 0.343. The molecule has 2 aromatic rings. The SMILES string of the molecule is O=C(CCCCCCCC(C(=O)O)c1ccccc1)Oc1ccccc1. The lowest BCUT2D eigenvalue weighted by molar-refractivity contribution is -0.139. The van der Waals surface area contributed by atoms with Crippen LogP contribution in [-0.4, -0.2) is 17.0 Å². The summed E-state index contributed by atoms with van der Waals surface area (Å²) in [6.07, 6.45) is 5.66. The van der Waals surface area contributed by atoms with Crippen LogP contribution in [0.4, 0.5) is 0 Å². The van der Waals surface area contributed by atoms with Crippen LogP contribution in [0.25, 0.3) is 0 Å². The van der Waals surface area contributed by atoms with Gasteiger partial charge in [-0.1, -0.05) is 74.2 Å². The number of carbonyl (C=O) groups is 2. The lowest BCUT2D eigenvalue weighted by Crippen LogP contribution is -2.11. The molecular weight excluding hydrogens is 328 g/mol. The maximum atomic E-state index is 11.7. The number of aliphatic carboxylic acids is 1. The van der Waals surface area contributed by atoms with Crippen LogP contribution in [0, 0.1) is 0 Å². The fourth-order valence-corrected chi connectivity index (χ4v) is 2.94. The van der Waals surface area contributed by atoms with E-state index in [4.69, 9.17) is 4.74 Å². The van der Waals surface area contributed by atoms with Gasteiger partial charge >= 0.3 is 11.9 Å². The average Bonchev–Trinajstić information content (AvgIpc) is 2.65. The predicted octanol–water partition coefficient (Wildman–Crippen LogP) is 5.19. The minimum absolute atomic E-state index is 0.203. The molecule has 0 radical (unpaired) electrons. The van der Waals surface area contributed by atoms with Crippen LogP contribution in [0.5, 0.6) is 5.75 Å². The van der Waals surface area contributed by atoms with E-state index in [1.54, 1.807) is 12.1 Å². The Labute approximate surface area is 154 Å². The number of esters is 1. The molecule has 1 N–H and O–H groups in total. The monoisotopic (exact) mass is 354 g/mol. The summed E-state index contributed by atoms with van der Waals surface area (Å²) < 4.78 is 5.24. The summed E-state index contributed by atoms with van der Waals surface area (Å²) >= 11 is 0. The van der Waals surface area contributed by atoms with Crippen LogP contribution < -0.4 is 4.74 Å². The molecule has 0 saturated heterocycles. The number of carboxylic acid groups (broad SMARTS) is 1. The molecule has 26 heavy (non-hydrogen) atoms. The second-order valence-electron chi connectivity index (χ2n) is 6.40. The zero-order valence-corrected chi connectivity index (χ0v) is 15.0. The number of carbonyl (C=O) groups excluding carboxylic acids is 1. The van der Waals surface area contributed by atoms with Gasteiger partial charge in [0.15, 0.2) is 0 Å². The van der Waals surface area contributed by atoms with Crippen molar-refractivity contribution in [3.05, 3.63) is 66.2 Å². The highest BCUT2D eigenvalue weighted by Gasteiger charge is 2.18. The number of para-hydroxylation sites is 1. The van der Waals surface area contributed by atoms with Crippen LogP contribution >= 0.6 is 0 Å². The van der Waals surface area contributed by atoms with Crippen LogP contribution in [0.2, 0.25) is 0 Å². The van der Waals surface area contributed by atoms with Gasteiger partial charge in [-0.15, -0.1) is 0 Å². The molecule has 1 unspecified atom stereocenters. The highest BCUT2D eigenvalue weighted by molar-refractivity contribution is 5.76. The van der Waals surface area contributed by atoms with Crippen molar-refractivity contribution in [2.45, 2.75) is 50.9 Å². The van der Waals surface area contributed by atoms with Crippen molar-refractivity contribution in [1.29, 1.82) is 0 Å². The van der Waals surface area contributed by atoms with Crippen molar-refractivity contribution in [2.75, 3.05) is 0 Å². The Morgan fingerprint density at radius 2 is 1.38 bits per heavy atom. The van der Waals surface area contributed by atoms with Crippen LogP contribution in [-0.2, 0) is 9.59 Å². The first-order valence-electron chi connectivity index (χ1n) is 9.20. The van der Waals surface area contributed by atoms with E-state index in [0.717, 1.165) is 37.7 Å². The second-order valence-corrected chi connectivity index (χ2v) is 6.40. The van der Waals surface area contributed by atoms with E-state index in [-0.39, 0.29) is 5.97 Å². The minimum atomic E-state index is -0.764. The summed E-state index contributed by atoms with van der Waals surface area (Å²) in [5.41, 5.74) is 0.864. The molecular formula is C22H26O4. The zero-order chi connectivity index (χ0) is 18.6. The summed E-state index contributed by atoms with van der Waals surface area (Å²) in [6.45, 7) is 0. The topological polar surface area (TPSA) is 63.6 Å². The highest BCUT2D eigenvalue weighted by atomic mass is 16.5. The lowest BCUT2D eigenvalue weighted by atomic mass is 9.93. The molecule has 0 spiro atoms. The van der Waals surface area contributed by atoms with Gasteiger partial charge in [-0.25, -0.2) is 0 Å². The van der Waals surface area contributed by atoms with Crippen molar-refractivity contribution < 1.29 is 19.4 Å². The molecule has 2 aromatic carbocycles. The minimum Gasteiger partial charge on any atom is -0.481 e. The Morgan fingerprint density at radius 3 is 2.04 bits per heavy atom. The Bertz CT molecular complexity index is 667. The Balaban J connectivity index is 1.57. The van der Waals surface area contributed by atoms with Crippen LogP contribution in [0.15, 0.2) is 60.7 Å². The lowest BCUT2D eigenvalue weighted by Gasteiger charge is -2.12. The molecule has 0 heterocycles. The van der Waals surface area contributed by atoms with E-state index in [1.165, 1.54) is 0 Å². The van der Waals surface area contributed by atoms with Crippen molar-refractivity contribution in [1.82, 2.24) is 0 Å². The molecule has 0 aliphatic carbocycles. The smallest absolute Gasteiger partial charge is 0.311 e. The molecule has 1 atom stereocenters. The van der Waals surface area contributed by atoms with E-state index in [9.17, 15) is 14.7 Å². The van der Waals surface area contributed by atoms with Gasteiger partial charge in [0.25, 0.3) is 0 Å². The highest BCUT2D eigenvalue weighted by Crippen LogP contribution is 2.23. The van der Waals surface area contributed by atoms with E-state index >= 15 is 0 Å². The zero-order valence-electron chi connectivity index (χ0n) is 15.0. The first kappa shape index (κ1) is 19.7. The van der Waals surface area contributed by atoms with Gasteiger partial charge in [-0.05, 0) is 30.5 Å². The number of unbranched alkanes of at least 4 members (excludes halogenated alkanes) is 4. The first-order chi connectivity index (χ1) is 12.7. The van der Waals surface area contributed by atoms with Crippen molar-refractivity contribution in [3.63, 3.8) is 0 Å². The summed E-state index contributed by atoms with van der Waals surface area (Å²) in [5, 5.41) is 9.40. The molecule has 4 nitrogen and oxygen atoms in total. The van der Waals surface area contributed by atoms with Gasteiger partial charge in [-0.2, -0.15) is 0 Å². The molecule has 0 aliphatic rings. The molecule has 138 valence electrons. The van der Waals surface area contributed by atoms with E-state index in [0.29, 0.717) is 18.6 Å². The maximum absolute atomic E-state index is 11.7. The van der Waals surface area contributed by atoms with E-state index in [1.807, 2.05) is 48.5 Å². The number of benzene rings is 2. The van der Waals surface area contributed by atoms with E-state index < -0.39 is 11.9 Å². The molecule has 0 amide bonds. The fraction of sp³-hybridized carbons (Fsp3) is 0.364. The predicted molar refractivity (Wildman–Crippen MR) is 101 cm³/mol. The van der Waals surface area contributed by atoms with Gasteiger partial charge in [0.1, 0.15) is 5.75 Å². The average molecular weight is 354 g/mol. The molecule has 2 rings (SSSR count). The number of carboxylic acids is 1. The summed E-state index contributed by atoms with van der Waals surface area (Å²) in [6, 6.07) is 18.5. The van der Waals surface area contributed by atoms with Crippen molar-refractivity contribution in [3.8, 4) is 5.75 Å². The molecule has 0 aromatic heterocycles. The largest absolute Gasteiger partial charge is 0.481 e. The molecule has 0 saturated carbocycles. The number of ether oxygens (including phenoxy) is 1. The normalized spacial score (nSPS) is 11.7. The maximum Gasteiger partial charge on any atom is 0.311 e. The van der Waals surface area contributed by atoms with Gasteiger partial charge in [-0.3, -0.25) is 9.59 Å². The number of hydrogen-bond donors (Lipinski definition) is 1. The number of rotatable bonds is 11. The van der Waals surface area contributed by atoms with E-state index in [2.05, 4.69) is 0 Å². The third-order valence-electron chi connectivity index (χ3n) is 4.35. The Kier molecular flexibility index (Phi) is 8.40. The Morgan fingerprint density at radius 1 is 0.808 bits per heavy atom. The van der Waals surface area contributed by atoms with Crippen molar-refractivity contribution >= 4 is 11.9 Å². The van der Waals surface area contributed by atoms with Gasteiger partial charge in [0, 0.05) is 6.42 Å². The molecule has 0 bridgehead atoms. The second kappa shape index (κ2) is 11.1. The summed E-state index contributed by atoms with van der Waals surface area (Å²) in [5.74, 6) is -0.818. The van der Waals surface area contributed by atoms with Crippen molar-refractivity contribution in [2.24, 2.45) is 0 Å². The number of hydrogen-bond acceptors (Lipinski definition) is 3. The van der Waals surface area contributed by atoms with Gasteiger partial charge in [0.05, 0.1) is 5.92 Å². The van der Waals surface area contributed by atoms with Gasteiger partial charge < -0.3 is 9.84 Å². The third kappa shape index (κ3) is 7.09. The van der Waals surface area contributed by atoms with Gasteiger partial charge in [0.2, 0.25) is 0 Å². The first-order valence-corrected chi connectivity index (χ1v) is 9.20. The standard InChI is InChI=1S/C22H26O4/c23-21(26-19-14-8-5-9-15-19)17-11-3-1-2-10-16-20(22(24)25)18-12-6-4-7-13-18/h4-9,12-15,20H,1-3,10-11,16-17H2,(H,24,25). The summed E-state index contributed by atoms with van der Waals surface area (Å²) in [4.78, 5) is 23.2. The fourth-order valence-electron chi connectivity index (χ4n) is 2.94. The molecule has 0 fully saturated rings. The van der Waals surface area contributed by atoms with Crippen LogP contribution in [0.3, 0.4) is 0 Å². The van der Waals surface area contributed by atoms with Crippen LogP contribution in [0.1, 0.15) is 56.4 Å². The third-order valence-corrected chi connectivity index (χ3v) is 4.35. The Hall–Kier alpha value is -2.62. The molecule has 4 heteroatoms. The summed E-state index contributed by atoms with van der Waals surface area (Å²) in [7, 11) is 0.